The third-order valence-corrected chi connectivity index (χ3v) is 5.43. The number of allylic oxidation sites excluding steroid dienone is 1. The van der Waals surface area contributed by atoms with Gasteiger partial charge in [-0.3, -0.25) is 0 Å². The number of hydrogen-bond donors (Lipinski definition) is 0. The summed E-state index contributed by atoms with van der Waals surface area (Å²) in [6, 6.07) is 11.2. The maximum Gasteiger partial charge on any atom is 0.130 e. The molecule has 4 rings (SSSR count). The van der Waals surface area contributed by atoms with Crippen molar-refractivity contribution < 1.29 is 0 Å². The number of nitriles is 1. The average Bonchev–Trinajstić information content (AvgIpc) is 3.08. The van der Waals surface area contributed by atoms with E-state index in [2.05, 4.69) is 42.3 Å². The molecule has 1 heterocycles. The molecule has 2 atom stereocenters. The molecule has 0 fully saturated rings. The molecule has 2 unspecified atom stereocenters. The lowest BCUT2D eigenvalue weighted by molar-refractivity contribution is 0.454. The minimum Gasteiger partial charge on any atom is -0.358 e. The smallest absolute Gasteiger partial charge is 0.130 e. The second-order valence-corrected chi connectivity index (χ2v) is 6.07. The van der Waals surface area contributed by atoms with E-state index in [9.17, 15) is 5.26 Å². The molecule has 0 saturated carbocycles. The highest BCUT2D eigenvalue weighted by atomic mass is 15.2. The summed E-state index contributed by atoms with van der Waals surface area (Å²) in [4.78, 5) is 2.20. The standard InChI is InChI=1S/C17H18N2/c1-19-15-8-3-2-6-14(15)17(16(19)11-18)10-9-12-5-4-7-13(12)17/h2-3,6,8,16H,4-5,7,9-10H2,1H3. The van der Waals surface area contributed by atoms with Crippen molar-refractivity contribution in [2.45, 2.75) is 43.6 Å². The molecule has 1 aromatic carbocycles. The molecule has 1 spiro atoms. The highest BCUT2D eigenvalue weighted by Crippen LogP contribution is 2.59. The summed E-state index contributed by atoms with van der Waals surface area (Å²) in [6.45, 7) is 0. The van der Waals surface area contributed by atoms with Gasteiger partial charge in [-0.25, -0.2) is 0 Å². The van der Waals surface area contributed by atoms with Gasteiger partial charge in [0.15, 0.2) is 0 Å². The summed E-state index contributed by atoms with van der Waals surface area (Å²) < 4.78 is 0. The van der Waals surface area contributed by atoms with Gasteiger partial charge < -0.3 is 4.90 Å². The van der Waals surface area contributed by atoms with Crippen LogP contribution in [-0.4, -0.2) is 13.1 Å². The number of benzene rings is 1. The summed E-state index contributed by atoms with van der Waals surface area (Å²) in [5.41, 5.74) is 5.93. The fourth-order valence-electron chi connectivity index (χ4n) is 4.69. The first-order chi connectivity index (χ1) is 9.29. The normalized spacial score (nSPS) is 31.8. The van der Waals surface area contributed by atoms with Crippen LogP contribution in [0.4, 0.5) is 5.69 Å². The molecule has 0 radical (unpaired) electrons. The van der Waals surface area contributed by atoms with Crippen LogP contribution < -0.4 is 4.90 Å². The van der Waals surface area contributed by atoms with Gasteiger partial charge >= 0.3 is 0 Å². The van der Waals surface area contributed by atoms with Crippen molar-refractivity contribution in [1.29, 1.82) is 5.26 Å². The lowest BCUT2D eigenvalue weighted by Crippen LogP contribution is -2.42. The Balaban J connectivity index is 1.99. The zero-order valence-corrected chi connectivity index (χ0v) is 11.3. The van der Waals surface area contributed by atoms with Crippen LogP contribution in [-0.2, 0) is 5.41 Å². The van der Waals surface area contributed by atoms with Gasteiger partial charge in [-0.2, -0.15) is 5.26 Å². The molecule has 96 valence electrons. The van der Waals surface area contributed by atoms with Crippen LogP contribution in [0.1, 0.15) is 37.7 Å². The molecule has 0 N–H and O–H groups in total. The SMILES string of the molecule is CN1c2ccccc2C2(CCC3=C2CCC3)C1C#N. The molecule has 0 saturated heterocycles. The van der Waals surface area contributed by atoms with Gasteiger partial charge in [0, 0.05) is 12.7 Å². The Morgan fingerprint density at radius 3 is 2.95 bits per heavy atom. The van der Waals surface area contributed by atoms with Gasteiger partial charge in [0.2, 0.25) is 0 Å². The largest absolute Gasteiger partial charge is 0.358 e. The third kappa shape index (κ3) is 1.16. The van der Waals surface area contributed by atoms with E-state index in [1.807, 2.05) is 0 Å². The van der Waals surface area contributed by atoms with Crippen LogP contribution in [0.15, 0.2) is 35.4 Å². The number of rotatable bonds is 0. The van der Waals surface area contributed by atoms with Crippen molar-refractivity contribution in [2.24, 2.45) is 0 Å². The van der Waals surface area contributed by atoms with E-state index in [0.29, 0.717) is 0 Å². The zero-order chi connectivity index (χ0) is 13.0. The summed E-state index contributed by atoms with van der Waals surface area (Å²) >= 11 is 0. The Hall–Kier alpha value is -1.75. The fourth-order valence-corrected chi connectivity index (χ4v) is 4.69. The van der Waals surface area contributed by atoms with E-state index in [1.54, 1.807) is 11.1 Å². The second kappa shape index (κ2) is 3.63. The number of nitrogens with zero attached hydrogens (tertiary/aromatic N) is 2. The van der Waals surface area contributed by atoms with Crippen molar-refractivity contribution in [1.82, 2.24) is 0 Å². The molecule has 3 aliphatic rings. The molecule has 0 amide bonds. The van der Waals surface area contributed by atoms with Crippen molar-refractivity contribution in [3.8, 4) is 6.07 Å². The van der Waals surface area contributed by atoms with Gasteiger partial charge in [0.1, 0.15) is 6.04 Å². The molecule has 2 heteroatoms. The monoisotopic (exact) mass is 250 g/mol. The molecule has 1 aromatic rings. The van der Waals surface area contributed by atoms with Crippen LogP contribution in [0, 0.1) is 11.3 Å². The highest BCUT2D eigenvalue weighted by molar-refractivity contribution is 5.70. The third-order valence-electron chi connectivity index (χ3n) is 5.43. The van der Waals surface area contributed by atoms with Crippen molar-refractivity contribution in [3.63, 3.8) is 0 Å². The van der Waals surface area contributed by atoms with Crippen molar-refractivity contribution >= 4 is 5.69 Å². The summed E-state index contributed by atoms with van der Waals surface area (Å²) in [7, 11) is 2.08. The molecule has 2 aliphatic carbocycles. The van der Waals surface area contributed by atoms with E-state index in [-0.39, 0.29) is 11.5 Å². The van der Waals surface area contributed by atoms with Crippen LogP contribution in [0.5, 0.6) is 0 Å². The average molecular weight is 250 g/mol. The topological polar surface area (TPSA) is 27.0 Å². The fraction of sp³-hybridized carbons (Fsp3) is 0.471. The van der Waals surface area contributed by atoms with Crippen LogP contribution in [0.2, 0.25) is 0 Å². The number of likely N-dealkylation sites (N-methyl/N-ethyl adjacent to an activating group) is 1. The Labute approximate surface area is 114 Å². The van der Waals surface area contributed by atoms with Crippen LogP contribution in [0.25, 0.3) is 0 Å². The first kappa shape index (κ1) is 11.1. The predicted octanol–water partition coefficient (Wildman–Crippen LogP) is 3.54. The maximum atomic E-state index is 9.74. The summed E-state index contributed by atoms with van der Waals surface area (Å²) in [6.07, 6.45) is 6.10. The predicted molar refractivity (Wildman–Crippen MR) is 76.0 cm³/mol. The summed E-state index contributed by atoms with van der Waals surface area (Å²) in [5.74, 6) is 0. The Morgan fingerprint density at radius 1 is 1.26 bits per heavy atom. The molecule has 0 aromatic heterocycles. The number of para-hydroxylation sites is 1. The summed E-state index contributed by atoms with van der Waals surface area (Å²) in [5, 5.41) is 9.74. The Kier molecular flexibility index (Phi) is 2.12. The quantitative estimate of drug-likeness (QED) is 0.658. The lowest BCUT2D eigenvalue weighted by atomic mass is 9.71. The van der Waals surface area contributed by atoms with Gasteiger partial charge in [0.05, 0.1) is 11.5 Å². The van der Waals surface area contributed by atoms with Crippen molar-refractivity contribution in [2.75, 3.05) is 11.9 Å². The minimum absolute atomic E-state index is 0.00588. The van der Waals surface area contributed by atoms with Crippen molar-refractivity contribution in [3.05, 3.63) is 41.0 Å². The maximum absolute atomic E-state index is 9.74. The molecule has 2 nitrogen and oxygen atoms in total. The van der Waals surface area contributed by atoms with E-state index in [4.69, 9.17) is 0 Å². The second-order valence-electron chi connectivity index (χ2n) is 6.07. The van der Waals surface area contributed by atoms with E-state index >= 15 is 0 Å². The number of fused-ring (bicyclic) bond motifs is 3. The molecular formula is C17H18N2. The molecule has 1 aliphatic heterocycles. The zero-order valence-electron chi connectivity index (χ0n) is 11.3. The van der Waals surface area contributed by atoms with E-state index < -0.39 is 0 Å². The lowest BCUT2D eigenvalue weighted by Gasteiger charge is -2.33. The van der Waals surface area contributed by atoms with E-state index in [0.717, 1.165) is 6.42 Å². The van der Waals surface area contributed by atoms with Crippen LogP contribution >= 0.6 is 0 Å². The van der Waals surface area contributed by atoms with Gasteiger partial charge in [-0.15, -0.1) is 0 Å². The van der Waals surface area contributed by atoms with Gasteiger partial charge in [-0.1, -0.05) is 29.3 Å². The number of anilines is 1. The Morgan fingerprint density at radius 2 is 2.11 bits per heavy atom. The van der Waals surface area contributed by atoms with Crippen LogP contribution in [0.3, 0.4) is 0 Å². The molecule has 0 bridgehead atoms. The van der Waals surface area contributed by atoms with Gasteiger partial charge in [0.25, 0.3) is 0 Å². The first-order valence-corrected chi connectivity index (χ1v) is 7.22. The van der Waals surface area contributed by atoms with E-state index in [1.165, 1.54) is 36.9 Å². The molecule has 19 heavy (non-hydrogen) atoms. The minimum atomic E-state index is -0.0181. The Bertz CT molecular complexity index is 622. The highest BCUT2D eigenvalue weighted by Gasteiger charge is 2.55. The first-order valence-electron chi connectivity index (χ1n) is 7.22. The molecular weight excluding hydrogens is 232 g/mol. The van der Waals surface area contributed by atoms with Gasteiger partial charge in [-0.05, 0) is 43.7 Å². The number of hydrogen-bond acceptors (Lipinski definition) is 2.